The van der Waals surface area contributed by atoms with E-state index in [0.29, 0.717) is 18.9 Å². The number of rotatable bonds is 6. The first-order chi connectivity index (χ1) is 9.00. The van der Waals surface area contributed by atoms with Crippen LogP contribution in [0.5, 0.6) is 0 Å². The number of nitrogens with one attached hydrogen (secondary N) is 1. The van der Waals surface area contributed by atoms with Crippen molar-refractivity contribution in [1.82, 2.24) is 10.2 Å². The Balaban J connectivity index is 2.12. The number of amides is 2. The predicted octanol–water partition coefficient (Wildman–Crippen LogP) is 2.32. The Bertz CT molecular complexity index is 297. The molecular weight excluding hydrogens is 244 g/mol. The molecule has 19 heavy (non-hydrogen) atoms. The lowest BCUT2D eigenvalue weighted by atomic mass is 9.87. The zero-order valence-corrected chi connectivity index (χ0v) is 12.0. The van der Waals surface area contributed by atoms with E-state index in [-0.39, 0.29) is 12.5 Å². The minimum Gasteiger partial charge on any atom is -0.481 e. The second-order valence-electron chi connectivity index (χ2n) is 5.65. The molecule has 0 unspecified atom stereocenters. The van der Waals surface area contributed by atoms with Crippen LogP contribution in [-0.2, 0) is 4.79 Å². The molecule has 0 radical (unpaired) electrons. The minimum absolute atomic E-state index is 0.00229. The second kappa shape index (κ2) is 8.02. The summed E-state index contributed by atoms with van der Waals surface area (Å²) in [6, 6.07) is -0.00229. The number of likely N-dealkylation sites (tertiary alicyclic amines) is 1. The summed E-state index contributed by atoms with van der Waals surface area (Å²) >= 11 is 0. The maximum Gasteiger partial charge on any atom is 0.317 e. The van der Waals surface area contributed by atoms with Crippen LogP contribution < -0.4 is 5.32 Å². The fraction of sp³-hybridized carbons (Fsp3) is 0.857. The maximum atomic E-state index is 11.9. The van der Waals surface area contributed by atoms with Gasteiger partial charge in [0.15, 0.2) is 0 Å². The van der Waals surface area contributed by atoms with Crippen LogP contribution in [0.4, 0.5) is 4.79 Å². The van der Waals surface area contributed by atoms with Gasteiger partial charge in [-0.3, -0.25) is 4.79 Å². The number of carbonyl (C=O) groups is 2. The van der Waals surface area contributed by atoms with Gasteiger partial charge in [0.25, 0.3) is 0 Å². The van der Waals surface area contributed by atoms with Gasteiger partial charge in [-0.25, -0.2) is 4.79 Å². The number of nitrogens with zero attached hydrogens (tertiary/aromatic N) is 1. The predicted molar refractivity (Wildman–Crippen MR) is 74.0 cm³/mol. The van der Waals surface area contributed by atoms with Crippen LogP contribution in [0.25, 0.3) is 0 Å². The van der Waals surface area contributed by atoms with Gasteiger partial charge in [0.1, 0.15) is 0 Å². The van der Waals surface area contributed by atoms with Gasteiger partial charge in [-0.1, -0.05) is 13.8 Å². The lowest BCUT2D eigenvalue weighted by Gasteiger charge is -2.33. The van der Waals surface area contributed by atoms with Crippen LogP contribution in [0.1, 0.15) is 46.0 Å². The average Bonchev–Trinajstić information content (AvgIpc) is 2.37. The fourth-order valence-electron chi connectivity index (χ4n) is 2.48. The average molecular weight is 270 g/mol. The van der Waals surface area contributed by atoms with E-state index in [1.165, 1.54) is 0 Å². The molecule has 1 aliphatic rings. The zero-order valence-electron chi connectivity index (χ0n) is 12.0. The highest BCUT2D eigenvalue weighted by Crippen LogP contribution is 2.24. The van der Waals surface area contributed by atoms with Crippen molar-refractivity contribution in [1.29, 1.82) is 0 Å². The standard InChI is InChI=1S/C14H26N2O3/c1-11(2)12-6-9-16(10-7-12)14(19)15-8-4-3-5-13(17)18/h11-12H,3-10H2,1-2H3,(H,15,19)(H,17,18). The van der Waals surface area contributed by atoms with Crippen molar-refractivity contribution in [2.75, 3.05) is 19.6 Å². The summed E-state index contributed by atoms with van der Waals surface area (Å²) in [7, 11) is 0. The largest absolute Gasteiger partial charge is 0.481 e. The first kappa shape index (κ1) is 15.8. The molecule has 0 aromatic heterocycles. The smallest absolute Gasteiger partial charge is 0.317 e. The van der Waals surface area contributed by atoms with E-state index >= 15 is 0 Å². The monoisotopic (exact) mass is 270 g/mol. The van der Waals surface area contributed by atoms with E-state index in [4.69, 9.17) is 5.11 Å². The van der Waals surface area contributed by atoms with Gasteiger partial charge in [0, 0.05) is 26.1 Å². The summed E-state index contributed by atoms with van der Waals surface area (Å²) in [5.41, 5.74) is 0. The lowest BCUT2D eigenvalue weighted by Crippen LogP contribution is -2.45. The molecule has 1 fully saturated rings. The summed E-state index contributed by atoms with van der Waals surface area (Å²) in [4.78, 5) is 24.1. The Labute approximate surface area is 115 Å². The quantitative estimate of drug-likeness (QED) is 0.728. The molecular formula is C14H26N2O3. The summed E-state index contributed by atoms with van der Waals surface area (Å²) in [6.45, 7) is 6.72. The number of carbonyl (C=O) groups excluding carboxylic acids is 1. The number of piperidine rings is 1. The third kappa shape index (κ3) is 5.94. The molecule has 2 amide bonds. The van der Waals surface area contributed by atoms with Gasteiger partial charge in [-0.2, -0.15) is 0 Å². The van der Waals surface area contributed by atoms with Crippen molar-refractivity contribution in [3.05, 3.63) is 0 Å². The van der Waals surface area contributed by atoms with Crippen LogP contribution in [0, 0.1) is 11.8 Å². The highest BCUT2D eigenvalue weighted by atomic mass is 16.4. The molecule has 0 saturated carbocycles. The molecule has 110 valence electrons. The maximum absolute atomic E-state index is 11.9. The Kier molecular flexibility index (Phi) is 6.67. The van der Waals surface area contributed by atoms with Crippen molar-refractivity contribution in [2.45, 2.75) is 46.0 Å². The molecule has 5 heteroatoms. The number of carboxylic acids is 1. The van der Waals surface area contributed by atoms with Crippen molar-refractivity contribution < 1.29 is 14.7 Å². The topological polar surface area (TPSA) is 69.6 Å². The van der Waals surface area contributed by atoms with E-state index in [1.54, 1.807) is 0 Å². The van der Waals surface area contributed by atoms with Gasteiger partial charge < -0.3 is 15.3 Å². The van der Waals surface area contributed by atoms with Crippen molar-refractivity contribution >= 4 is 12.0 Å². The number of hydrogen-bond donors (Lipinski definition) is 2. The Morgan fingerprint density at radius 1 is 1.26 bits per heavy atom. The van der Waals surface area contributed by atoms with Crippen LogP contribution >= 0.6 is 0 Å². The van der Waals surface area contributed by atoms with Gasteiger partial charge in [-0.15, -0.1) is 0 Å². The van der Waals surface area contributed by atoms with Gasteiger partial charge in [0.05, 0.1) is 0 Å². The SMILES string of the molecule is CC(C)C1CCN(C(=O)NCCCCC(=O)O)CC1. The number of carboxylic acid groups (broad SMARTS) is 1. The van der Waals surface area contributed by atoms with Crippen molar-refractivity contribution in [3.63, 3.8) is 0 Å². The molecule has 1 saturated heterocycles. The highest BCUT2D eigenvalue weighted by molar-refractivity contribution is 5.74. The van der Waals surface area contributed by atoms with Gasteiger partial charge in [0.2, 0.25) is 0 Å². The first-order valence-corrected chi connectivity index (χ1v) is 7.25. The number of hydrogen-bond acceptors (Lipinski definition) is 2. The van der Waals surface area contributed by atoms with E-state index < -0.39 is 5.97 Å². The highest BCUT2D eigenvalue weighted by Gasteiger charge is 2.24. The zero-order chi connectivity index (χ0) is 14.3. The van der Waals surface area contributed by atoms with E-state index in [1.807, 2.05) is 4.90 Å². The molecule has 0 aromatic carbocycles. The van der Waals surface area contributed by atoms with Gasteiger partial charge >= 0.3 is 12.0 Å². The van der Waals surface area contributed by atoms with E-state index in [2.05, 4.69) is 19.2 Å². The number of unbranched alkanes of at least 4 members (excludes halogenated alkanes) is 1. The molecule has 0 spiro atoms. The number of aliphatic carboxylic acids is 1. The van der Waals surface area contributed by atoms with Crippen LogP contribution in [-0.4, -0.2) is 41.6 Å². The van der Waals surface area contributed by atoms with Crippen molar-refractivity contribution in [2.24, 2.45) is 11.8 Å². The Morgan fingerprint density at radius 3 is 2.42 bits per heavy atom. The van der Waals surface area contributed by atoms with Crippen LogP contribution in [0.3, 0.4) is 0 Å². The molecule has 0 aromatic rings. The summed E-state index contributed by atoms with van der Waals surface area (Å²) in [6.07, 6.45) is 3.69. The first-order valence-electron chi connectivity index (χ1n) is 7.25. The third-order valence-corrected chi connectivity index (χ3v) is 3.86. The minimum atomic E-state index is -0.776. The lowest BCUT2D eigenvalue weighted by molar-refractivity contribution is -0.137. The molecule has 1 rings (SSSR count). The molecule has 5 nitrogen and oxygen atoms in total. The molecule has 0 aliphatic carbocycles. The summed E-state index contributed by atoms with van der Waals surface area (Å²) in [5.74, 6) is 0.655. The summed E-state index contributed by atoms with van der Waals surface area (Å²) in [5, 5.41) is 11.4. The summed E-state index contributed by atoms with van der Waals surface area (Å²) < 4.78 is 0. The molecule has 2 N–H and O–H groups in total. The van der Waals surface area contributed by atoms with E-state index in [9.17, 15) is 9.59 Å². The van der Waals surface area contributed by atoms with E-state index in [0.717, 1.165) is 38.3 Å². The Hall–Kier alpha value is -1.26. The third-order valence-electron chi connectivity index (χ3n) is 3.86. The van der Waals surface area contributed by atoms with Crippen LogP contribution in [0.2, 0.25) is 0 Å². The molecule has 0 bridgehead atoms. The van der Waals surface area contributed by atoms with Crippen molar-refractivity contribution in [3.8, 4) is 0 Å². The van der Waals surface area contributed by atoms with Crippen LogP contribution in [0.15, 0.2) is 0 Å². The molecule has 1 heterocycles. The second-order valence-corrected chi connectivity index (χ2v) is 5.65. The van der Waals surface area contributed by atoms with Gasteiger partial charge in [-0.05, 0) is 37.5 Å². The molecule has 1 aliphatic heterocycles. The fourth-order valence-corrected chi connectivity index (χ4v) is 2.48. The number of urea groups is 1. The normalized spacial score (nSPS) is 16.7. The Morgan fingerprint density at radius 2 is 1.89 bits per heavy atom. The molecule has 0 atom stereocenters.